The lowest BCUT2D eigenvalue weighted by Gasteiger charge is -2.43. The van der Waals surface area contributed by atoms with Crippen molar-refractivity contribution >= 4 is 38.3 Å². The number of hydrogen-bond donors (Lipinski definition) is 1. The van der Waals surface area contributed by atoms with E-state index in [1.54, 1.807) is 0 Å². The molecule has 1 amide bonds. The van der Waals surface area contributed by atoms with E-state index in [0.29, 0.717) is 24.7 Å². The Labute approximate surface area is 156 Å². The third-order valence-corrected chi connectivity index (χ3v) is 7.24. The van der Waals surface area contributed by atoms with Crippen LogP contribution in [0, 0.1) is 0 Å². The van der Waals surface area contributed by atoms with Crippen LogP contribution in [0.5, 0.6) is 0 Å². The number of nitrogens with zero attached hydrogens (tertiary/aromatic N) is 2. The minimum atomic E-state index is 0.165. The molecule has 3 atom stereocenters. The van der Waals surface area contributed by atoms with Crippen LogP contribution in [0.4, 0.5) is 5.69 Å². The maximum atomic E-state index is 13.3. The molecule has 3 heterocycles. The minimum Gasteiger partial charge on any atom is -0.397 e. The molecule has 0 aromatic heterocycles. The molecular weight excluding hydrogens is 378 g/mol. The number of amides is 1. The summed E-state index contributed by atoms with van der Waals surface area (Å²) >= 11 is 3.53. The maximum absolute atomic E-state index is 13.3. The molecule has 2 fully saturated rings. The number of anilines is 1. The highest BCUT2D eigenvalue weighted by Crippen LogP contribution is 2.41. The summed E-state index contributed by atoms with van der Waals surface area (Å²) < 4.78 is 0.811. The number of nitrogens with two attached hydrogens (primary N) is 1. The Morgan fingerprint density at radius 2 is 1.88 bits per heavy atom. The quantitative estimate of drug-likeness (QED) is 0.742. The molecule has 5 heteroatoms. The van der Waals surface area contributed by atoms with Crippen molar-refractivity contribution in [2.24, 2.45) is 0 Å². The first-order valence-electron chi connectivity index (χ1n) is 9.07. The zero-order valence-corrected chi connectivity index (χ0v) is 15.9. The Kier molecular flexibility index (Phi) is 3.41. The van der Waals surface area contributed by atoms with E-state index in [1.165, 1.54) is 18.4 Å². The first kappa shape index (κ1) is 15.6. The van der Waals surface area contributed by atoms with E-state index in [2.05, 4.69) is 44.9 Å². The predicted octanol–water partition coefficient (Wildman–Crippen LogP) is 3.77. The van der Waals surface area contributed by atoms with Crippen LogP contribution < -0.4 is 5.73 Å². The lowest BCUT2D eigenvalue weighted by Crippen LogP contribution is -2.51. The highest BCUT2D eigenvalue weighted by Gasteiger charge is 2.42. The van der Waals surface area contributed by atoms with E-state index in [9.17, 15) is 4.79 Å². The van der Waals surface area contributed by atoms with E-state index < -0.39 is 0 Å². The Bertz CT molecular complexity index is 882. The van der Waals surface area contributed by atoms with Gasteiger partial charge in [-0.15, -0.1) is 0 Å². The molecule has 0 spiro atoms. The van der Waals surface area contributed by atoms with Gasteiger partial charge >= 0.3 is 0 Å². The van der Waals surface area contributed by atoms with Gasteiger partial charge in [-0.3, -0.25) is 4.79 Å². The van der Waals surface area contributed by atoms with E-state index >= 15 is 0 Å². The number of nitrogen functional groups attached to an aromatic ring is 1. The summed E-state index contributed by atoms with van der Waals surface area (Å²) in [7, 11) is 2.24. The van der Waals surface area contributed by atoms with Gasteiger partial charge in [-0.1, -0.05) is 18.2 Å². The fraction of sp³-hybridized carbons (Fsp3) is 0.450. The van der Waals surface area contributed by atoms with Crippen LogP contribution in [0.3, 0.4) is 0 Å². The number of halogens is 1. The average Bonchev–Trinajstić information content (AvgIpc) is 2.83. The molecule has 2 aromatic rings. The fourth-order valence-corrected chi connectivity index (χ4v) is 5.63. The second-order valence-corrected chi connectivity index (χ2v) is 8.62. The maximum Gasteiger partial charge on any atom is 0.255 e. The first-order valence-corrected chi connectivity index (χ1v) is 9.86. The average molecular weight is 400 g/mol. The molecule has 25 heavy (non-hydrogen) atoms. The summed E-state index contributed by atoms with van der Waals surface area (Å²) in [5.74, 6) is 0.165. The van der Waals surface area contributed by atoms with E-state index in [4.69, 9.17) is 5.73 Å². The first-order chi connectivity index (χ1) is 12.0. The highest BCUT2D eigenvalue weighted by molar-refractivity contribution is 9.10. The number of piperidine rings is 1. The highest BCUT2D eigenvalue weighted by atomic mass is 79.9. The lowest BCUT2D eigenvalue weighted by atomic mass is 9.90. The predicted molar refractivity (Wildman–Crippen MR) is 104 cm³/mol. The van der Waals surface area contributed by atoms with E-state index in [-0.39, 0.29) is 5.91 Å². The van der Waals surface area contributed by atoms with Gasteiger partial charge in [-0.25, -0.2) is 0 Å². The smallest absolute Gasteiger partial charge is 0.255 e. The Morgan fingerprint density at radius 1 is 1.16 bits per heavy atom. The molecular formula is C20H22BrN3O. The summed E-state index contributed by atoms with van der Waals surface area (Å²) in [5.41, 5.74) is 8.98. The molecule has 3 aliphatic rings. The molecule has 2 bridgehead atoms. The van der Waals surface area contributed by atoms with Gasteiger partial charge < -0.3 is 15.5 Å². The number of fused-ring (bicyclic) bond motifs is 2. The van der Waals surface area contributed by atoms with Crippen LogP contribution in [0.2, 0.25) is 0 Å². The third-order valence-electron chi connectivity index (χ3n) is 6.58. The minimum absolute atomic E-state index is 0.165. The van der Waals surface area contributed by atoms with Crippen LogP contribution in [0.1, 0.15) is 41.6 Å². The van der Waals surface area contributed by atoms with Gasteiger partial charge in [0.1, 0.15) is 0 Å². The summed E-state index contributed by atoms with van der Waals surface area (Å²) in [6.07, 6.45) is 4.74. The monoisotopic (exact) mass is 399 g/mol. The van der Waals surface area contributed by atoms with E-state index in [0.717, 1.165) is 39.3 Å². The topological polar surface area (TPSA) is 49.6 Å². The van der Waals surface area contributed by atoms with Crippen molar-refractivity contribution in [2.45, 2.75) is 50.4 Å². The normalized spacial score (nSPS) is 28.8. The molecule has 4 nitrogen and oxygen atoms in total. The van der Waals surface area contributed by atoms with Crippen molar-refractivity contribution in [3.8, 4) is 0 Å². The zero-order valence-electron chi connectivity index (χ0n) is 14.3. The van der Waals surface area contributed by atoms with Crippen LogP contribution in [0.25, 0.3) is 10.8 Å². The van der Waals surface area contributed by atoms with Crippen LogP contribution in [-0.2, 0) is 6.54 Å². The van der Waals surface area contributed by atoms with Crippen LogP contribution >= 0.6 is 15.9 Å². The van der Waals surface area contributed by atoms with Gasteiger partial charge in [0.25, 0.3) is 5.91 Å². The fourth-order valence-electron chi connectivity index (χ4n) is 5.19. The van der Waals surface area contributed by atoms with Gasteiger partial charge in [0.15, 0.2) is 0 Å². The van der Waals surface area contributed by atoms with Crippen LogP contribution in [0.15, 0.2) is 28.7 Å². The summed E-state index contributed by atoms with van der Waals surface area (Å²) in [6, 6.07) is 9.73. The van der Waals surface area contributed by atoms with Gasteiger partial charge in [0, 0.05) is 45.5 Å². The van der Waals surface area contributed by atoms with Crippen molar-refractivity contribution in [1.82, 2.24) is 9.80 Å². The van der Waals surface area contributed by atoms with Gasteiger partial charge in [-0.05, 0) is 60.3 Å². The second kappa shape index (κ2) is 5.45. The van der Waals surface area contributed by atoms with E-state index in [1.807, 2.05) is 12.1 Å². The molecule has 0 radical (unpaired) electrons. The van der Waals surface area contributed by atoms with Crippen LogP contribution in [-0.4, -0.2) is 40.9 Å². The Morgan fingerprint density at radius 3 is 2.60 bits per heavy atom. The molecule has 0 unspecified atom stereocenters. The largest absolute Gasteiger partial charge is 0.397 e. The zero-order chi connectivity index (χ0) is 17.3. The number of hydrogen-bond acceptors (Lipinski definition) is 3. The molecule has 2 saturated heterocycles. The lowest BCUT2D eigenvalue weighted by molar-refractivity contribution is 0.0452. The van der Waals surface area contributed by atoms with Crippen molar-refractivity contribution in [3.05, 3.63) is 39.9 Å². The SMILES string of the molecule is CN1[C@@H]2CC[C@H]1C[C@H](N1Cc3cccc4c(N)c(Br)cc(c34)C1=O)C2. The standard InChI is InChI=1S/C20H22BrN3O/c1-23-12-5-6-13(23)8-14(7-12)24-10-11-3-2-4-15-18(11)16(20(24)25)9-17(21)19(15)22/h2-4,9,12-14H,5-8,10,22H2,1H3/t12-,13+,14-. The molecule has 2 N–H and O–H groups in total. The number of carbonyl (C=O) groups is 1. The molecule has 5 rings (SSSR count). The third kappa shape index (κ3) is 2.18. The summed E-state index contributed by atoms with van der Waals surface area (Å²) in [6.45, 7) is 0.706. The number of rotatable bonds is 1. The van der Waals surface area contributed by atoms with Crippen molar-refractivity contribution in [1.29, 1.82) is 0 Å². The van der Waals surface area contributed by atoms with Crippen molar-refractivity contribution in [3.63, 3.8) is 0 Å². The van der Waals surface area contributed by atoms with Gasteiger partial charge in [0.2, 0.25) is 0 Å². The summed E-state index contributed by atoms with van der Waals surface area (Å²) in [4.78, 5) is 18.0. The molecule has 2 aromatic carbocycles. The second-order valence-electron chi connectivity index (χ2n) is 7.77. The molecule has 0 saturated carbocycles. The Hall–Kier alpha value is -1.59. The van der Waals surface area contributed by atoms with Crippen molar-refractivity contribution in [2.75, 3.05) is 12.8 Å². The molecule has 3 aliphatic heterocycles. The summed E-state index contributed by atoms with van der Waals surface area (Å²) in [5, 5.41) is 2.03. The number of benzene rings is 2. The molecule has 0 aliphatic carbocycles. The van der Waals surface area contributed by atoms with Gasteiger partial charge in [0.05, 0.1) is 5.69 Å². The molecule has 130 valence electrons. The number of carbonyl (C=O) groups excluding carboxylic acids is 1. The van der Waals surface area contributed by atoms with Crippen molar-refractivity contribution < 1.29 is 4.79 Å². The Balaban J connectivity index is 1.58. The van der Waals surface area contributed by atoms with Gasteiger partial charge in [-0.2, -0.15) is 0 Å².